The molecule has 0 aliphatic carbocycles. The second kappa shape index (κ2) is 7.97. The number of ether oxygens (including phenoxy) is 1. The van der Waals surface area contributed by atoms with Crippen molar-refractivity contribution < 1.29 is 9.53 Å². The van der Waals surface area contributed by atoms with Gasteiger partial charge in [-0.25, -0.2) is 9.78 Å². The minimum Gasteiger partial charge on any atom is -0.444 e. The van der Waals surface area contributed by atoms with Crippen molar-refractivity contribution >= 4 is 36.0 Å². The van der Waals surface area contributed by atoms with Crippen molar-refractivity contribution in [1.82, 2.24) is 14.9 Å². The van der Waals surface area contributed by atoms with Crippen LogP contribution < -0.4 is 0 Å². The number of hydrogen-bond donors (Lipinski definition) is 1. The molecule has 2 atom stereocenters. The maximum Gasteiger partial charge on any atom is 0.410 e. The third kappa shape index (κ3) is 4.83. The van der Waals surface area contributed by atoms with E-state index in [1.807, 2.05) is 25.7 Å². The SMILES string of the molecule is C[C@H]1C[C@@H](c2nc3c(ccc4cc(C#C[Si](C)(C)C)ccc43)[nH]2)N(C(=O)OC(C)(C)C)C1. The minimum absolute atomic E-state index is 0.107. The van der Waals surface area contributed by atoms with Gasteiger partial charge in [0, 0.05) is 17.5 Å². The third-order valence-electron chi connectivity index (χ3n) is 5.52. The largest absolute Gasteiger partial charge is 0.444 e. The lowest BCUT2D eigenvalue weighted by atomic mass is 10.1. The first-order valence-electron chi connectivity index (χ1n) is 11.3. The molecule has 168 valence electrons. The van der Waals surface area contributed by atoms with E-state index < -0.39 is 13.7 Å². The van der Waals surface area contributed by atoms with Crippen LogP contribution in [-0.4, -0.2) is 41.2 Å². The molecule has 1 aliphatic heterocycles. The Bertz CT molecular complexity index is 1240. The Balaban J connectivity index is 1.70. The fraction of sp³-hybridized carbons (Fsp3) is 0.462. The van der Waals surface area contributed by atoms with Crippen LogP contribution in [0.5, 0.6) is 0 Å². The zero-order chi connectivity index (χ0) is 23.3. The molecular weight excluding hydrogens is 414 g/mol. The molecule has 5 nitrogen and oxygen atoms in total. The molecule has 0 unspecified atom stereocenters. The maximum absolute atomic E-state index is 12.8. The predicted octanol–water partition coefficient (Wildman–Crippen LogP) is 6.26. The molecule has 1 amide bonds. The number of nitrogens with one attached hydrogen (secondary N) is 1. The van der Waals surface area contributed by atoms with Gasteiger partial charge in [0.15, 0.2) is 0 Å². The molecule has 1 aliphatic rings. The Hall–Kier alpha value is -2.78. The third-order valence-corrected chi connectivity index (χ3v) is 6.40. The number of nitrogens with zero attached hydrogens (tertiary/aromatic N) is 2. The van der Waals surface area contributed by atoms with Gasteiger partial charge in [-0.05, 0) is 56.7 Å². The molecule has 1 aromatic heterocycles. The summed E-state index contributed by atoms with van der Waals surface area (Å²) in [6.45, 7) is 15.3. The Kier molecular flexibility index (Phi) is 5.58. The lowest BCUT2D eigenvalue weighted by Crippen LogP contribution is -2.37. The number of aromatic nitrogens is 2. The van der Waals surface area contributed by atoms with Crippen molar-refractivity contribution in [3.8, 4) is 11.5 Å². The molecule has 0 bridgehead atoms. The van der Waals surface area contributed by atoms with Crippen molar-refractivity contribution in [2.45, 2.75) is 65.4 Å². The number of hydrogen-bond acceptors (Lipinski definition) is 3. The average Bonchev–Trinajstić information content (AvgIpc) is 3.27. The molecule has 1 saturated heterocycles. The van der Waals surface area contributed by atoms with Gasteiger partial charge in [0.05, 0.1) is 17.1 Å². The van der Waals surface area contributed by atoms with Crippen molar-refractivity contribution in [2.75, 3.05) is 6.54 Å². The van der Waals surface area contributed by atoms with Crippen LogP contribution in [0.15, 0.2) is 30.3 Å². The van der Waals surface area contributed by atoms with Gasteiger partial charge in [-0.15, -0.1) is 5.54 Å². The Morgan fingerprint density at radius 1 is 1.22 bits per heavy atom. The van der Waals surface area contributed by atoms with Gasteiger partial charge in [0.25, 0.3) is 0 Å². The van der Waals surface area contributed by atoms with Gasteiger partial charge < -0.3 is 9.72 Å². The van der Waals surface area contributed by atoms with Gasteiger partial charge in [-0.1, -0.05) is 44.6 Å². The van der Waals surface area contributed by atoms with Crippen molar-refractivity contribution in [3.05, 3.63) is 41.7 Å². The van der Waals surface area contributed by atoms with E-state index in [9.17, 15) is 4.79 Å². The molecule has 0 spiro atoms. The van der Waals surface area contributed by atoms with Gasteiger partial charge in [-0.2, -0.15) is 0 Å². The summed E-state index contributed by atoms with van der Waals surface area (Å²) in [5.74, 6) is 4.56. The molecular formula is C26H33N3O2Si. The molecule has 0 radical (unpaired) electrons. The van der Waals surface area contributed by atoms with Crippen LogP contribution in [0.2, 0.25) is 19.6 Å². The summed E-state index contributed by atoms with van der Waals surface area (Å²) in [5, 5.41) is 2.22. The predicted molar refractivity (Wildman–Crippen MR) is 133 cm³/mol. The fourth-order valence-electron chi connectivity index (χ4n) is 4.14. The highest BCUT2D eigenvalue weighted by molar-refractivity contribution is 6.83. The number of aromatic amines is 1. The number of amides is 1. The first-order chi connectivity index (χ1) is 14.9. The quantitative estimate of drug-likeness (QED) is 0.354. The monoisotopic (exact) mass is 447 g/mol. The zero-order valence-corrected chi connectivity index (χ0v) is 21.2. The summed E-state index contributed by atoms with van der Waals surface area (Å²) < 4.78 is 5.66. The van der Waals surface area contributed by atoms with Crippen LogP contribution in [-0.2, 0) is 4.74 Å². The van der Waals surface area contributed by atoms with E-state index in [1.165, 1.54) is 0 Å². The molecule has 1 N–H and O–H groups in total. The Morgan fingerprint density at radius 2 is 1.97 bits per heavy atom. The summed E-state index contributed by atoms with van der Waals surface area (Å²) in [6, 6.07) is 10.4. The van der Waals surface area contributed by atoms with Gasteiger partial charge in [0.2, 0.25) is 0 Å². The zero-order valence-electron chi connectivity index (χ0n) is 20.2. The molecule has 32 heavy (non-hydrogen) atoms. The number of imidazole rings is 1. The van der Waals surface area contributed by atoms with Gasteiger partial charge >= 0.3 is 6.09 Å². The van der Waals surface area contributed by atoms with E-state index in [0.717, 1.165) is 39.6 Å². The van der Waals surface area contributed by atoms with Gasteiger partial charge in [-0.3, -0.25) is 4.90 Å². The normalized spacial score (nSPS) is 19.3. The second-order valence-corrected chi connectivity index (χ2v) is 15.8. The number of benzene rings is 2. The van der Waals surface area contributed by atoms with E-state index in [-0.39, 0.29) is 12.1 Å². The van der Waals surface area contributed by atoms with E-state index >= 15 is 0 Å². The summed E-state index contributed by atoms with van der Waals surface area (Å²) in [7, 11) is -1.42. The number of carbonyl (C=O) groups is 1. The first kappa shape index (κ1) is 22.4. The summed E-state index contributed by atoms with van der Waals surface area (Å²) in [4.78, 5) is 23.1. The van der Waals surface area contributed by atoms with Gasteiger partial charge in [0.1, 0.15) is 19.5 Å². The molecule has 0 saturated carbocycles. The van der Waals surface area contributed by atoms with E-state index in [2.05, 4.69) is 73.3 Å². The molecule has 6 heteroatoms. The van der Waals surface area contributed by atoms with E-state index in [0.29, 0.717) is 12.5 Å². The number of rotatable bonds is 1. The topological polar surface area (TPSA) is 58.2 Å². The molecule has 2 heterocycles. The molecule has 1 fully saturated rings. The lowest BCUT2D eigenvalue weighted by molar-refractivity contribution is 0.0215. The maximum atomic E-state index is 12.8. The van der Waals surface area contributed by atoms with E-state index in [4.69, 9.17) is 9.72 Å². The highest BCUT2D eigenvalue weighted by atomic mass is 28.3. The first-order valence-corrected chi connectivity index (χ1v) is 14.8. The fourth-order valence-corrected chi connectivity index (χ4v) is 4.66. The highest BCUT2D eigenvalue weighted by Gasteiger charge is 2.38. The Morgan fingerprint density at radius 3 is 2.66 bits per heavy atom. The van der Waals surface area contributed by atoms with Crippen LogP contribution in [0, 0.1) is 17.4 Å². The number of fused-ring (bicyclic) bond motifs is 3. The van der Waals surface area contributed by atoms with Crippen LogP contribution in [0.4, 0.5) is 4.79 Å². The Labute approximate surface area is 191 Å². The van der Waals surface area contributed by atoms with Crippen LogP contribution in [0.25, 0.3) is 21.8 Å². The summed E-state index contributed by atoms with van der Waals surface area (Å²) in [6.07, 6.45) is 0.593. The number of carbonyl (C=O) groups excluding carboxylic acids is 1. The molecule has 3 aromatic rings. The summed E-state index contributed by atoms with van der Waals surface area (Å²) in [5.41, 5.74) is 5.87. The van der Waals surface area contributed by atoms with Crippen molar-refractivity contribution in [3.63, 3.8) is 0 Å². The smallest absolute Gasteiger partial charge is 0.410 e. The highest BCUT2D eigenvalue weighted by Crippen LogP contribution is 2.36. The average molecular weight is 448 g/mol. The summed E-state index contributed by atoms with van der Waals surface area (Å²) >= 11 is 0. The lowest BCUT2D eigenvalue weighted by Gasteiger charge is -2.27. The minimum atomic E-state index is -1.42. The van der Waals surface area contributed by atoms with Crippen molar-refractivity contribution in [1.29, 1.82) is 0 Å². The van der Waals surface area contributed by atoms with Crippen LogP contribution in [0.3, 0.4) is 0 Å². The number of likely N-dealkylation sites (tertiary alicyclic amines) is 1. The standard InChI is InChI=1S/C26H33N3O2Si/c1-17-14-22(29(16-17)25(30)31-26(2,3)4)24-27-21-11-9-19-15-18(12-13-32(5,6)7)8-10-20(19)23(21)28-24/h8-11,15,17,22H,14,16H2,1-7H3,(H,27,28)/t17-,22-/m0/s1. The van der Waals surface area contributed by atoms with Crippen molar-refractivity contribution in [2.24, 2.45) is 5.92 Å². The number of H-pyrrole nitrogens is 1. The molecule has 2 aromatic carbocycles. The van der Waals surface area contributed by atoms with Crippen LogP contribution >= 0.6 is 0 Å². The van der Waals surface area contributed by atoms with E-state index in [1.54, 1.807) is 0 Å². The molecule has 4 rings (SSSR count). The second-order valence-electron chi connectivity index (χ2n) is 11.0. The van der Waals surface area contributed by atoms with Crippen LogP contribution in [0.1, 0.15) is 51.5 Å².